The number of phenols is 1. The molecule has 1 unspecified atom stereocenters. The van der Waals surface area contributed by atoms with Crippen LogP contribution in [0.3, 0.4) is 0 Å². The van der Waals surface area contributed by atoms with Crippen molar-refractivity contribution in [1.29, 1.82) is 0 Å². The van der Waals surface area contributed by atoms with E-state index in [-0.39, 0.29) is 11.9 Å². The predicted octanol–water partition coefficient (Wildman–Crippen LogP) is 3.54. The van der Waals surface area contributed by atoms with E-state index >= 15 is 0 Å². The quantitative estimate of drug-likeness (QED) is 0.894. The number of benzene rings is 2. The molecular weight excluding hydrogens is 228 g/mol. The molecule has 0 heterocycles. The first kappa shape index (κ1) is 12.3. The zero-order chi connectivity index (χ0) is 13.0. The standard InChI is InChI=1S/C15H16O3/c1-11(12-6-8-14(17-2)9-7-12)18-15-5-3-4-13(16)10-15/h3-11,16H,1-2H3. The van der Waals surface area contributed by atoms with Gasteiger partial charge in [0, 0.05) is 6.07 Å². The number of methoxy groups -OCH3 is 1. The summed E-state index contributed by atoms with van der Waals surface area (Å²) in [6.45, 7) is 1.96. The minimum atomic E-state index is -0.0855. The monoisotopic (exact) mass is 244 g/mol. The van der Waals surface area contributed by atoms with Crippen LogP contribution in [-0.2, 0) is 0 Å². The highest BCUT2D eigenvalue weighted by Gasteiger charge is 2.07. The molecule has 18 heavy (non-hydrogen) atoms. The van der Waals surface area contributed by atoms with Crippen LogP contribution in [-0.4, -0.2) is 12.2 Å². The molecule has 0 spiro atoms. The highest BCUT2D eigenvalue weighted by molar-refractivity contribution is 5.33. The largest absolute Gasteiger partial charge is 0.508 e. The van der Waals surface area contributed by atoms with Crippen LogP contribution < -0.4 is 9.47 Å². The van der Waals surface area contributed by atoms with Gasteiger partial charge in [-0.1, -0.05) is 18.2 Å². The number of hydrogen-bond donors (Lipinski definition) is 1. The van der Waals surface area contributed by atoms with E-state index in [0.717, 1.165) is 11.3 Å². The van der Waals surface area contributed by atoms with Crippen molar-refractivity contribution in [2.45, 2.75) is 13.0 Å². The van der Waals surface area contributed by atoms with E-state index in [4.69, 9.17) is 9.47 Å². The van der Waals surface area contributed by atoms with E-state index in [0.29, 0.717) is 5.75 Å². The first-order valence-electron chi connectivity index (χ1n) is 5.78. The summed E-state index contributed by atoms with van der Waals surface area (Å²) in [6.07, 6.45) is -0.0855. The Bertz CT molecular complexity index is 505. The van der Waals surface area contributed by atoms with Gasteiger partial charge in [-0.2, -0.15) is 0 Å². The number of phenolic OH excluding ortho intramolecular Hbond substituents is 1. The molecule has 0 saturated heterocycles. The first-order chi connectivity index (χ1) is 8.69. The Hall–Kier alpha value is -2.16. The smallest absolute Gasteiger partial charge is 0.123 e. The maximum absolute atomic E-state index is 9.37. The van der Waals surface area contributed by atoms with Crippen molar-refractivity contribution in [3.8, 4) is 17.2 Å². The Kier molecular flexibility index (Phi) is 3.72. The lowest BCUT2D eigenvalue weighted by Crippen LogP contribution is -2.02. The first-order valence-corrected chi connectivity index (χ1v) is 5.78. The van der Waals surface area contributed by atoms with E-state index in [9.17, 15) is 5.11 Å². The van der Waals surface area contributed by atoms with Crippen LogP contribution in [0.25, 0.3) is 0 Å². The number of aromatic hydroxyl groups is 1. The second kappa shape index (κ2) is 5.45. The van der Waals surface area contributed by atoms with Crippen LogP contribution >= 0.6 is 0 Å². The van der Waals surface area contributed by atoms with Gasteiger partial charge in [-0.05, 0) is 36.8 Å². The van der Waals surface area contributed by atoms with Gasteiger partial charge in [-0.3, -0.25) is 0 Å². The molecule has 0 aliphatic rings. The summed E-state index contributed by atoms with van der Waals surface area (Å²) in [5.74, 6) is 1.68. The van der Waals surface area contributed by atoms with Crippen molar-refractivity contribution in [1.82, 2.24) is 0 Å². The molecule has 94 valence electrons. The minimum absolute atomic E-state index is 0.0855. The van der Waals surface area contributed by atoms with Gasteiger partial charge in [0.2, 0.25) is 0 Å². The summed E-state index contributed by atoms with van der Waals surface area (Å²) in [6, 6.07) is 14.5. The third kappa shape index (κ3) is 2.94. The summed E-state index contributed by atoms with van der Waals surface area (Å²) in [5.41, 5.74) is 1.05. The molecule has 3 nitrogen and oxygen atoms in total. The highest BCUT2D eigenvalue weighted by Crippen LogP contribution is 2.25. The predicted molar refractivity (Wildman–Crippen MR) is 70.1 cm³/mol. The number of rotatable bonds is 4. The second-order valence-corrected chi connectivity index (χ2v) is 4.03. The summed E-state index contributed by atoms with van der Waals surface area (Å²) in [7, 11) is 1.64. The minimum Gasteiger partial charge on any atom is -0.508 e. The lowest BCUT2D eigenvalue weighted by atomic mass is 10.1. The number of ether oxygens (including phenoxy) is 2. The van der Waals surface area contributed by atoms with Crippen molar-refractivity contribution in [2.24, 2.45) is 0 Å². The Morgan fingerprint density at radius 1 is 1.00 bits per heavy atom. The Labute approximate surface area is 107 Å². The molecule has 3 heteroatoms. The lowest BCUT2D eigenvalue weighted by Gasteiger charge is -2.15. The fraction of sp³-hybridized carbons (Fsp3) is 0.200. The normalized spacial score (nSPS) is 11.9. The molecule has 2 aromatic rings. The van der Waals surface area contributed by atoms with Crippen LogP contribution in [0.1, 0.15) is 18.6 Å². The van der Waals surface area contributed by atoms with Crippen molar-refractivity contribution >= 4 is 0 Å². The van der Waals surface area contributed by atoms with Crippen LogP contribution in [0.2, 0.25) is 0 Å². The van der Waals surface area contributed by atoms with Gasteiger partial charge in [0.25, 0.3) is 0 Å². The molecule has 0 radical (unpaired) electrons. The topological polar surface area (TPSA) is 38.7 Å². The fourth-order valence-electron chi connectivity index (χ4n) is 1.70. The van der Waals surface area contributed by atoms with Crippen molar-refractivity contribution in [2.75, 3.05) is 7.11 Å². The summed E-state index contributed by atoms with van der Waals surface area (Å²) in [5, 5.41) is 9.37. The molecule has 0 aliphatic carbocycles. The third-order valence-corrected chi connectivity index (χ3v) is 2.72. The molecule has 0 bridgehead atoms. The van der Waals surface area contributed by atoms with Crippen molar-refractivity contribution < 1.29 is 14.6 Å². The molecule has 0 amide bonds. The average molecular weight is 244 g/mol. The molecular formula is C15H16O3. The third-order valence-electron chi connectivity index (χ3n) is 2.72. The second-order valence-electron chi connectivity index (χ2n) is 4.03. The van der Waals surface area contributed by atoms with Gasteiger partial charge in [-0.15, -0.1) is 0 Å². The van der Waals surface area contributed by atoms with Gasteiger partial charge in [0.05, 0.1) is 7.11 Å². The SMILES string of the molecule is COc1ccc(C(C)Oc2cccc(O)c2)cc1. The van der Waals surface area contributed by atoms with Gasteiger partial charge in [-0.25, -0.2) is 0 Å². The van der Waals surface area contributed by atoms with Gasteiger partial charge in [0.1, 0.15) is 23.4 Å². The summed E-state index contributed by atoms with van der Waals surface area (Å²) >= 11 is 0. The molecule has 0 saturated carbocycles. The van der Waals surface area contributed by atoms with Crippen LogP contribution in [0.4, 0.5) is 0 Å². The van der Waals surface area contributed by atoms with E-state index in [1.807, 2.05) is 37.3 Å². The molecule has 0 aromatic heterocycles. The number of hydrogen-bond acceptors (Lipinski definition) is 3. The van der Waals surface area contributed by atoms with E-state index in [1.54, 1.807) is 25.3 Å². The molecule has 2 aromatic carbocycles. The van der Waals surface area contributed by atoms with E-state index in [2.05, 4.69) is 0 Å². The van der Waals surface area contributed by atoms with Crippen molar-refractivity contribution in [3.05, 3.63) is 54.1 Å². The molecule has 0 fully saturated rings. The fourth-order valence-corrected chi connectivity index (χ4v) is 1.70. The lowest BCUT2D eigenvalue weighted by molar-refractivity contribution is 0.226. The van der Waals surface area contributed by atoms with Gasteiger partial charge in [0.15, 0.2) is 0 Å². The Balaban J connectivity index is 2.09. The Morgan fingerprint density at radius 3 is 2.33 bits per heavy atom. The summed E-state index contributed by atoms with van der Waals surface area (Å²) < 4.78 is 10.9. The zero-order valence-corrected chi connectivity index (χ0v) is 10.5. The van der Waals surface area contributed by atoms with Crippen LogP contribution in [0, 0.1) is 0 Å². The molecule has 1 atom stereocenters. The van der Waals surface area contributed by atoms with Crippen LogP contribution in [0.15, 0.2) is 48.5 Å². The van der Waals surface area contributed by atoms with E-state index < -0.39 is 0 Å². The molecule has 1 N–H and O–H groups in total. The Morgan fingerprint density at radius 2 is 1.72 bits per heavy atom. The van der Waals surface area contributed by atoms with E-state index in [1.165, 1.54) is 0 Å². The maximum atomic E-state index is 9.37. The van der Waals surface area contributed by atoms with Crippen LogP contribution in [0.5, 0.6) is 17.2 Å². The maximum Gasteiger partial charge on any atom is 0.123 e. The van der Waals surface area contributed by atoms with Crippen molar-refractivity contribution in [3.63, 3.8) is 0 Å². The summed E-state index contributed by atoms with van der Waals surface area (Å²) in [4.78, 5) is 0. The van der Waals surface area contributed by atoms with Gasteiger partial charge >= 0.3 is 0 Å². The zero-order valence-electron chi connectivity index (χ0n) is 10.5. The van der Waals surface area contributed by atoms with Gasteiger partial charge < -0.3 is 14.6 Å². The highest BCUT2D eigenvalue weighted by atomic mass is 16.5. The average Bonchev–Trinajstić information content (AvgIpc) is 2.39. The molecule has 0 aliphatic heterocycles. The molecule has 2 rings (SSSR count).